The molecule has 80 valence electrons. The minimum Gasteiger partial charge on any atom is -0.197 e. The van der Waals surface area contributed by atoms with Crippen LogP contribution in [0, 0.1) is 11.3 Å². The molecule has 1 aromatic carbocycles. The molecule has 0 aliphatic carbocycles. The van der Waals surface area contributed by atoms with Crippen molar-refractivity contribution >= 4 is 23.2 Å². The van der Waals surface area contributed by atoms with E-state index in [4.69, 9.17) is 23.2 Å². The maximum Gasteiger partial charge on any atom is 0.0846 e. The van der Waals surface area contributed by atoms with Crippen molar-refractivity contribution in [3.63, 3.8) is 0 Å². The predicted molar refractivity (Wildman–Crippen MR) is 64.3 cm³/mol. The van der Waals surface area contributed by atoms with Gasteiger partial charge in [-0.1, -0.05) is 43.1 Å². The van der Waals surface area contributed by atoms with Gasteiger partial charge in [0.1, 0.15) is 0 Å². The standard InChI is InChI=1S/C12H13Cl2N/c1-3-12(4-2,8-15)11-9(13)6-5-7-10(11)14/h5-7H,3-4H2,1-2H3. The molecule has 1 rings (SSSR count). The Morgan fingerprint density at radius 3 is 2.00 bits per heavy atom. The Morgan fingerprint density at radius 2 is 1.67 bits per heavy atom. The van der Waals surface area contributed by atoms with Crippen LogP contribution in [0.5, 0.6) is 0 Å². The van der Waals surface area contributed by atoms with Crippen LogP contribution in [0.3, 0.4) is 0 Å². The number of benzene rings is 1. The smallest absolute Gasteiger partial charge is 0.0846 e. The van der Waals surface area contributed by atoms with E-state index in [1.807, 2.05) is 13.8 Å². The molecule has 0 atom stereocenters. The monoisotopic (exact) mass is 241 g/mol. The van der Waals surface area contributed by atoms with Crippen molar-refractivity contribution in [1.82, 2.24) is 0 Å². The van der Waals surface area contributed by atoms with Crippen LogP contribution < -0.4 is 0 Å². The summed E-state index contributed by atoms with van der Waals surface area (Å²) < 4.78 is 0. The molecule has 0 aliphatic rings. The van der Waals surface area contributed by atoms with Crippen LogP contribution in [0.1, 0.15) is 32.3 Å². The Hall–Kier alpha value is -0.710. The summed E-state index contributed by atoms with van der Waals surface area (Å²) in [5.41, 5.74) is 0.205. The Kier molecular flexibility index (Phi) is 4.02. The van der Waals surface area contributed by atoms with E-state index < -0.39 is 5.41 Å². The molecule has 0 saturated heterocycles. The molecule has 0 radical (unpaired) electrons. The quantitative estimate of drug-likeness (QED) is 0.761. The summed E-state index contributed by atoms with van der Waals surface area (Å²) in [4.78, 5) is 0. The SMILES string of the molecule is CCC(C#N)(CC)c1c(Cl)cccc1Cl. The molecule has 0 heterocycles. The van der Waals surface area contributed by atoms with Crippen LogP contribution in [-0.2, 0) is 5.41 Å². The second-order valence-electron chi connectivity index (χ2n) is 3.50. The van der Waals surface area contributed by atoms with Crippen molar-refractivity contribution in [1.29, 1.82) is 5.26 Å². The van der Waals surface area contributed by atoms with Gasteiger partial charge in [-0.2, -0.15) is 5.26 Å². The lowest BCUT2D eigenvalue weighted by Gasteiger charge is -2.26. The summed E-state index contributed by atoms with van der Waals surface area (Å²) in [7, 11) is 0. The van der Waals surface area contributed by atoms with Crippen molar-refractivity contribution in [3.8, 4) is 6.07 Å². The highest BCUT2D eigenvalue weighted by Crippen LogP contribution is 2.39. The van der Waals surface area contributed by atoms with Gasteiger partial charge >= 0.3 is 0 Å². The van der Waals surface area contributed by atoms with Crippen LogP contribution in [0.15, 0.2) is 18.2 Å². The van der Waals surface area contributed by atoms with Gasteiger partial charge in [-0.3, -0.25) is 0 Å². The molecular formula is C12H13Cl2N. The zero-order valence-corrected chi connectivity index (χ0v) is 10.4. The Balaban J connectivity index is 3.42. The van der Waals surface area contributed by atoms with E-state index in [1.165, 1.54) is 0 Å². The third kappa shape index (κ3) is 2.12. The molecule has 0 saturated carbocycles. The summed E-state index contributed by atoms with van der Waals surface area (Å²) >= 11 is 12.2. The first-order chi connectivity index (χ1) is 7.11. The van der Waals surface area contributed by atoms with Gasteiger partial charge < -0.3 is 0 Å². The highest BCUT2D eigenvalue weighted by atomic mass is 35.5. The molecule has 0 bridgehead atoms. The molecule has 0 aromatic heterocycles. The van der Waals surface area contributed by atoms with E-state index in [9.17, 15) is 5.26 Å². The van der Waals surface area contributed by atoms with Gasteiger partial charge in [0.25, 0.3) is 0 Å². The van der Waals surface area contributed by atoms with Crippen molar-refractivity contribution in [3.05, 3.63) is 33.8 Å². The van der Waals surface area contributed by atoms with Gasteiger partial charge in [-0.15, -0.1) is 0 Å². The van der Waals surface area contributed by atoms with Crippen LogP contribution in [0.4, 0.5) is 0 Å². The van der Waals surface area contributed by atoms with Crippen molar-refractivity contribution in [2.75, 3.05) is 0 Å². The largest absolute Gasteiger partial charge is 0.197 e. The molecule has 0 unspecified atom stereocenters. The van der Waals surface area contributed by atoms with Crippen molar-refractivity contribution in [2.45, 2.75) is 32.1 Å². The van der Waals surface area contributed by atoms with E-state index >= 15 is 0 Å². The molecule has 1 aromatic rings. The van der Waals surface area contributed by atoms with Gasteiger partial charge in [-0.05, 0) is 25.0 Å². The van der Waals surface area contributed by atoms with Crippen LogP contribution in [0.2, 0.25) is 10.0 Å². The van der Waals surface area contributed by atoms with Gasteiger partial charge in [0, 0.05) is 15.6 Å². The molecule has 0 aliphatic heterocycles. The van der Waals surface area contributed by atoms with E-state index in [1.54, 1.807) is 18.2 Å². The minimum atomic E-state index is -0.560. The summed E-state index contributed by atoms with van der Waals surface area (Å²) in [6.07, 6.45) is 1.42. The fourth-order valence-electron chi connectivity index (χ4n) is 1.77. The number of nitrogens with zero attached hydrogens (tertiary/aromatic N) is 1. The Bertz CT molecular complexity index is 369. The van der Waals surface area contributed by atoms with E-state index in [0.29, 0.717) is 22.9 Å². The molecular weight excluding hydrogens is 229 g/mol. The summed E-state index contributed by atoms with van der Waals surface area (Å²) in [5.74, 6) is 0. The van der Waals surface area contributed by atoms with Gasteiger partial charge in [0.15, 0.2) is 0 Å². The number of nitriles is 1. The second-order valence-corrected chi connectivity index (χ2v) is 4.31. The Labute approximate surface area is 101 Å². The predicted octanol–water partition coefficient (Wildman–Crippen LogP) is 4.57. The van der Waals surface area contributed by atoms with Gasteiger partial charge in [0.2, 0.25) is 0 Å². The zero-order valence-electron chi connectivity index (χ0n) is 8.85. The topological polar surface area (TPSA) is 23.8 Å². The zero-order chi connectivity index (χ0) is 11.5. The maximum absolute atomic E-state index is 9.31. The minimum absolute atomic E-state index is 0.560. The van der Waals surface area contributed by atoms with Crippen LogP contribution >= 0.6 is 23.2 Å². The summed E-state index contributed by atoms with van der Waals surface area (Å²) in [6.45, 7) is 3.96. The fraction of sp³-hybridized carbons (Fsp3) is 0.417. The van der Waals surface area contributed by atoms with Crippen LogP contribution in [-0.4, -0.2) is 0 Å². The number of halogens is 2. The summed E-state index contributed by atoms with van der Waals surface area (Å²) in [6, 6.07) is 7.69. The number of rotatable bonds is 3. The maximum atomic E-state index is 9.31. The van der Waals surface area contributed by atoms with E-state index in [-0.39, 0.29) is 0 Å². The first kappa shape index (κ1) is 12.4. The van der Waals surface area contributed by atoms with Crippen LogP contribution in [0.25, 0.3) is 0 Å². The summed E-state index contributed by atoms with van der Waals surface area (Å²) in [5, 5.41) is 10.5. The lowest BCUT2D eigenvalue weighted by atomic mass is 9.77. The van der Waals surface area contributed by atoms with E-state index in [0.717, 1.165) is 5.56 Å². The van der Waals surface area contributed by atoms with E-state index in [2.05, 4.69) is 6.07 Å². The third-order valence-electron chi connectivity index (χ3n) is 2.86. The second kappa shape index (κ2) is 4.88. The number of hydrogen-bond acceptors (Lipinski definition) is 1. The van der Waals surface area contributed by atoms with Gasteiger partial charge in [-0.25, -0.2) is 0 Å². The molecule has 0 N–H and O–H groups in total. The Morgan fingerprint density at radius 1 is 1.20 bits per heavy atom. The van der Waals surface area contributed by atoms with Crippen molar-refractivity contribution in [2.24, 2.45) is 0 Å². The average Bonchev–Trinajstić information content (AvgIpc) is 2.24. The molecule has 15 heavy (non-hydrogen) atoms. The molecule has 3 heteroatoms. The highest BCUT2D eigenvalue weighted by molar-refractivity contribution is 6.36. The van der Waals surface area contributed by atoms with Crippen molar-refractivity contribution < 1.29 is 0 Å². The molecule has 1 nitrogen and oxygen atoms in total. The number of hydrogen-bond donors (Lipinski definition) is 0. The molecule has 0 spiro atoms. The van der Waals surface area contributed by atoms with Gasteiger partial charge in [0.05, 0.1) is 11.5 Å². The first-order valence-electron chi connectivity index (χ1n) is 4.97. The normalized spacial score (nSPS) is 11.1. The fourth-order valence-corrected chi connectivity index (χ4v) is 2.53. The first-order valence-corrected chi connectivity index (χ1v) is 5.72. The molecule has 0 fully saturated rings. The third-order valence-corrected chi connectivity index (χ3v) is 3.49. The lowest BCUT2D eigenvalue weighted by Crippen LogP contribution is -2.23. The lowest BCUT2D eigenvalue weighted by molar-refractivity contribution is 0.511. The highest BCUT2D eigenvalue weighted by Gasteiger charge is 2.32. The molecule has 0 amide bonds. The average molecular weight is 242 g/mol.